The van der Waals surface area contributed by atoms with Gasteiger partial charge in [0.2, 0.25) is 5.91 Å². The van der Waals surface area contributed by atoms with Crippen molar-refractivity contribution in [1.29, 1.82) is 0 Å². The highest BCUT2D eigenvalue weighted by Gasteiger charge is 2.21. The molecule has 3 rings (SSSR count). The Balaban J connectivity index is 1.87. The number of halogens is 1. The van der Waals surface area contributed by atoms with Gasteiger partial charge in [0.25, 0.3) is 5.56 Å². The minimum absolute atomic E-state index is 0.0348. The van der Waals surface area contributed by atoms with E-state index < -0.39 is 5.25 Å². The molecule has 0 fully saturated rings. The molecule has 2 aromatic heterocycles. The van der Waals surface area contributed by atoms with Gasteiger partial charge < -0.3 is 5.32 Å². The Morgan fingerprint density at radius 3 is 2.63 bits per heavy atom. The van der Waals surface area contributed by atoms with Crippen LogP contribution in [-0.4, -0.2) is 20.7 Å². The van der Waals surface area contributed by atoms with Crippen molar-refractivity contribution in [2.24, 2.45) is 0 Å². The average molecular weight is 466 g/mol. The van der Waals surface area contributed by atoms with Gasteiger partial charge in [0.15, 0.2) is 5.16 Å². The number of benzene rings is 1. The smallest absolute Gasteiger partial charge is 0.263 e. The largest absolute Gasteiger partial charge is 0.325 e. The van der Waals surface area contributed by atoms with E-state index >= 15 is 0 Å². The molecule has 142 valence electrons. The molecule has 1 aromatic carbocycles. The highest BCUT2D eigenvalue weighted by atomic mass is 79.9. The van der Waals surface area contributed by atoms with E-state index in [4.69, 9.17) is 0 Å². The first-order valence-corrected chi connectivity index (χ1v) is 11.0. The molecule has 1 N–H and O–H groups in total. The lowest BCUT2D eigenvalue weighted by atomic mass is 10.2. The molecular weight excluding hydrogens is 446 g/mol. The van der Waals surface area contributed by atoms with E-state index in [1.807, 2.05) is 52.0 Å². The van der Waals surface area contributed by atoms with Crippen LogP contribution in [0.15, 0.2) is 38.7 Å². The molecule has 0 aliphatic rings. The summed E-state index contributed by atoms with van der Waals surface area (Å²) in [6, 6.07) is 7.42. The maximum Gasteiger partial charge on any atom is 0.263 e. The fourth-order valence-corrected chi connectivity index (χ4v) is 4.97. The Kier molecular flexibility index (Phi) is 6.08. The van der Waals surface area contributed by atoms with Crippen LogP contribution in [-0.2, 0) is 11.3 Å². The Bertz CT molecular complexity index is 1060. The third kappa shape index (κ3) is 4.12. The number of carbonyl (C=O) groups is 1. The lowest BCUT2D eigenvalue weighted by molar-refractivity contribution is -0.115. The number of thioether (sulfide) groups is 1. The molecule has 3 aromatic rings. The number of anilines is 1. The van der Waals surface area contributed by atoms with Crippen LogP contribution in [0.4, 0.5) is 5.69 Å². The first-order valence-electron chi connectivity index (χ1n) is 8.55. The van der Waals surface area contributed by atoms with Crippen LogP contribution in [0.1, 0.15) is 24.3 Å². The number of nitrogens with zero attached hydrogens (tertiary/aromatic N) is 2. The van der Waals surface area contributed by atoms with Gasteiger partial charge in [0, 0.05) is 21.6 Å². The zero-order valence-electron chi connectivity index (χ0n) is 15.5. The maximum absolute atomic E-state index is 12.9. The van der Waals surface area contributed by atoms with Crippen LogP contribution in [0.25, 0.3) is 10.2 Å². The minimum atomic E-state index is -0.391. The standard InChI is InChI=1S/C19H20BrN3O2S2/c1-5-23-18(25)15-10(2)11(3)26-17(15)22-19(23)27-12(4)16(24)21-14-8-6-13(20)7-9-14/h6-9,12H,5H2,1-4H3,(H,21,24). The summed E-state index contributed by atoms with van der Waals surface area (Å²) >= 11 is 6.21. The predicted octanol–water partition coefficient (Wildman–Crippen LogP) is 4.98. The molecule has 1 atom stereocenters. The molecule has 0 spiro atoms. The molecule has 1 unspecified atom stereocenters. The number of carbonyl (C=O) groups excluding carboxylic acids is 1. The van der Waals surface area contributed by atoms with E-state index in [0.717, 1.165) is 25.4 Å². The number of fused-ring (bicyclic) bond motifs is 1. The van der Waals surface area contributed by atoms with Crippen molar-refractivity contribution < 1.29 is 4.79 Å². The van der Waals surface area contributed by atoms with Gasteiger partial charge in [-0.2, -0.15) is 0 Å². The molecule has 27 heavy (non-hydrogen) atoms. The number of hydrogen-bond donors (Lipinski definition) is 1. The summed E-state index contributed by atoms with van der Waals surface area (Å²) in [6.07, 6.45) is 0. The van der Waals surface area contributed by atoms with E-state index in [-0.39, 0.29) is 11.5 Å². The highest BCUT2D eigenvalue weighted by Crippen LogP contribution is 2.30. The molecule has 0 saturated carbocycles. The number of amides is 1. The third-order valence-corrected chi connectivity index (χ3v) is 7.05. The zero-order chi connectivity index (χ0) is 19.7. The number of hydrogen-bond acceptors (Lipinski definition) is 5. The van der Waals surface area contributed by atoms with E-state index in [2.05, 4.69) is 26.2 Å². The molecule has 0 radical (unpaired) electrons. The van der Waals surface area contributed by atoms with Gasteiger partial charge in [-0.05, 0) is 57.5 Å². The van der Waals surface area contributed by atoms with Gasteiger partial charge >= 0.3 is 0 Å². The van der Waals surface area contributed by atoms with Crippen molar-refractivity contribution >= 4 is 60.8 Å². The molecule has 0 bridgehead atoms. The van der Waals surface area contributed by atoms with Crippen molar-refractivity contribution in [3.63, 3.8) is 0 Å². The first-order chi connectivity index (χ1) is 12.8. The Hall–Kier alpha value is -1.64. The summed E-state index contributed by atoms with van der Waals surface area (Å²) < 4.78 is 2.60. The third-order valence-electron chi connectivity index (χ3n) is 4.33. The van der Waals surface area contributed by atoms with Gasteiger partial charge in [-0.3, -0.25) is 14.2 Å². The number of aromatic nitrogens is 2. The number of rotatable bonds is 5. The molecule has 5 nitrogen and oxygen atoms in total. The molecule has 1 amide bonds. The van der Waals surface area contributed by atoms with Crippen LogP contribution < -0.4 is 10.9 Å². The molecule has 0 aliphatic carbocycles. The fraction of sp³-hybridized carbons (Fsp3) is 0.316. The first kappa shape index (κ1) is 20.1. The number of aryl methyl sites for hydroxylation is 2. The molecule has 8 heteroatoms. The summed E-state index contributed by atoms with van der Waals surface area (Å²) in [4.78, 5) is 32.0. The van der Waals surface area contributed by atoms with Crippen LogP contribution in [0.2, 0.25) is 0 Å². The quantitative estimate of drug-likeness (QED) is 0.426. The second-order valence-electron chi connectivity index (χ2n) is 6.16. The zero-order valence-corrected chi connectivity index (χ0v) is 18.7. The van der Waals surface area contributed by atoms with Crippen LogP contribution in [0.3, 0.4) is 0 Å². The van der Waals surface area contributed by atoms with E-state index in [9.17, 15) is 9.59 Å². The van der Waals surface area contributed by atoms with E-state index in [1.165, 1.54) is 23.1 Å². The summed E-state index contributed by atoms with van der Waals surface area (Å²) in [5.41, 5.74) is 1.69. The Morgan fingerprint density at radius 2 is 2.00 bits per heavy atom. The van der Waals surface area contributed by atoms with Gasteiger partial charge in [-0.25, -0.2) is 4.98 Å². The molecule has 2 heterocycles. The second kappa shape index (κ2) is 8.16. The van der Waals surface area contributed by atoms with Gasteiger partial charge in [-0.1, -0.05) is 27.7 Å². The van der Waals surface area contributed by atoms with Gasteiger partial charge in [0.05, 0.1) is 10.6 Å². The van der Waals surface area contributed by atoms with Crippen molar-refractivity contribution in [2.75, 3.05) is 5.32 Å². The van der Waals surface area contributed by atoms with Crippen LogP contribution >= 0.6 is 39.0 Å². The lowest BCUT2D eigenvalue weighted by Gasteiger charge is -2.15. The molecule has 0 saturated heterocycles. The monoisotopic (exact) mass is 465 g/mol. The van der Waals surface area contributed by atoms with Crippen molar-refractivity contribution in [1.82, 2.24) is 9.55 Å². The molecule has 0 aliphatic heterocycles. The SMILES string of the molecule is CCn1c(SC(C)C(=O)Nc2ccc(Br)cc2)nc2sc(C)c(C)c2c1=O. The Morgan fingerprint density at radius 1 is 1.33 bits per heavy atom. The van der Waals surface area contributed by atoms with Crippen molar-refractivity contribution in [3.05, 3.63) is 49.5 Å². The van der Waals surface area contributed by atoms with E-state index in [0.29, 0.717) is 17.1 Å². The Labute approximate surface area is 174 Å². The van der Waals surface area contributed by atoms with Crippen LogP contribution in [0, 0.1) is 13.8 Å². The second-order valence-corrected chi connectivity index (χ2v) is 9.59. The van der Waals surface area contributed by atoms with Crippen molar-refractivity contribution in [3.8, 4) is 0 Å². The lowest BCUT2D eigenvalue weighted by Crippen LogP contribution is -2.26. The summed E-state index contributed by atoms with van der Waals surface area (Å²) in [6.45, 7) is 8.20. The highest BCUT2D eigenvalue weighted by molar-refractivity contribution is 9.10. The summed E-state index contributed by atoms with van der Waals surface area (Å²) in [5.74, 6) is -0.127. The van der Waals surface area contributed by atoms with Gasteiger partial charge in [-0.15, -0.1) is 11.3 Å². The topological polar surface area (TPSA) is 64.0 Å². The minimum Gasteiger partial charge on any atom is -0.325 e. The summed E-state index contributed by atoms with van der Waals surface area (Å²) in [5, 5.41) is 3.78. The number of thiophene rings is 1. The fourth-order valence-electron chi connectivity index (χ4n) is 2.67. The number of nitrogens with one attached hydrogen (secondary N) is 1. The predicted molar refractivity (Wildman–Crippen MR) is 117 cm³/mol. The van der Waals surface area contributed by atoms with Crippen molar-refractivity contribution in [2.45, 2.75) is 44.6 Å². The average Bonchev–Trinajstić information content (AvgIpc) is 2.91. The summed E-state index contributed by atoms with van der Waals surface area (Å²) in [7, 11) is 0. The van der Waals surface area contributed by atoms with Crippen LogP contribution in [0.5, 0.6) is 0 Å². The van der Waals surface area contributed by atoms with Gasteiger partial charge in [0.1, 0.15) is 4.83 Å². The van der Waals surface area contributed by atoms with E-state index in [1.54, 1.807) is 4.57 Å². The normalized spacial score (nSPS) is 12.3. The maximum atomic E-state index is 12.9. The molecular formula is C19H20BrN3O2S2.